The van der Waals surface area contributed by atoms with E-state index >= 15 is 0 Å². The van der Waals surface area contributed by atoms with Crippen molar-refractivity contribution < 1.29 is 14.3 Å². The summed E-state index contributed by atoms with van der Waals surface area (Å²) >= 11 is 1.48. The van der Waals surface area contributed by atoms with E-state index in [1.165, 1.54) is 11.3 Å². The van der Waals surface area contributed by atoms with E-state index in [0.717, 1.165) is 16.3 Å². The molecule has 150 valence electrons. The maximum Gasteiger partial charge on any atom is 0.412 e. The van der Waals surface area contributed by atoms with Gasteiger partial charge in [-0.2, -0.15) is 0 Å². The van der Waals surface area contributed by atoms with E-state index in [1.807, 2.05) is 17.5 Å². The van der Waals surface area contributed by atoms with Crippen LogP contribution in [0.3, 0.4) is 0 Å². The summed E-state index contributed by atoms with van der Waals surface area (Å²) in [5, 5.41) is 8.23. The fourth-order valence-electron chi connectivity index (χ4n) is 2.46. The summed E-state index contributed by atoms with van der Waals surface area (Å²) < 4.78 is 5.22. The van der Waals surface area contributed by atoms with Gasteiger partial charge >= 0.3 is 6.09 Å². The minimum Gasteiger partial charge on any atom is -0.444 e. The van der Waals surface area contributed by atoms with Crippen LogP contribution >= 0.6 is 11.3 Å². The lowest BCUT2D eigenvalue weighted by molar-refractivity contribution is 0.0635. The zero-order valence-electron chi connectivity index (χ0n) is 16.4. The Bertz CT molecular complexity index is 996. The zero-order chi connectivity index (χ0) is 20.9. The lowest BCUT2D eigenvalue weighted by Crippen LogP contribution is -2.27. The summed E-state index contributed by atoms with van der Waals surface area (Å²) in [6.45, 7) is 5.68. The van der Waals surface area contributed by atoms with Crippen LogP contribution in [0.2, 0.25) is 0 Å². The molecule has 2 N–H and O–H groups in total. The molecule has 3 aromatic rings. The van der Waals surface area contributed by atoms with Crippen LogP contribution in [0.4, 0.5) is 10.5 Å². The summed E-state index contributed by atoms with van der Waals surface area (Å²) in [6, 6.07) is 10.5. The number of amides is 2. The minimum absolute atomic E-state index is 0.251. The van der Waals surface area contributed by atoms with Gasteiger partial charge in [0.25, 0.3) is 5.91 Å². The number of ether oxygens (including phenoxy) is 1. The number of nitrogens with one attached hydrogen (secondary N) is 2. The summed E-state index contributed by atoms with van der Waals surface area (Å²) in [4.78, 5) is 32.9. The molecule has 2 amide bonds. The van der Waals surface area contributed by atoms with Crippen LogP contribution in [-0.4, -0.2) is 27.6 Å². The van der Waals surface area contributed by atoms with Crippen molar-refractivity contribution in [1.82, 2.24) is 15.3 Å². The van der Waals surface area contributed by atoms with E-state index in [2.05, 4.69) is 20.6 Å². The molecular formula is C21H22N4O3S. The number of hydrogen-bond acceptors (Lipinski definition) is 6. The lowest BCUT2D eigenvalue weighted by Gasteiger charge is -2.19. The van der Waals surface area contributed by atoms with Crippen LogP contribution < -0.4 is 10.6 Å². The van der Waals surface area contributed by atoms with Gasteiger partial charge in [0.2, 0.25) is 0 Å². The van der Waals surface area contributed by atoms with E-state index in [-0.39, 0.29) is 5.91 Å². The smallest absolute Gasteiger partial charge is 0.412 e. The maximum atomic E-state index is 12.5. The fraction of sp³-hybridized carbons (Fsp3) is 0.238. The van der Waals surface area contributed by atoms with Crippen LogP contribution in [0, 0.1) is 0 Å². The van der Waals surface area contributed by atoms with Crippen molar-refractivity contribution in [2.45, 2.75) is 32.9 Å². The molecule has 0 aliphatic heterocycles. The lowest BCUT2D eigenvalue weighted by atomic mass is 10.2. The predicted octanol–water partition coefficient (Wildman–Crippen LogP) is 4.48. The van der Waals surface area contributed by atoms with E-state index in [0.29, 0.717) is 17.8 Å². The Kier molecular flexibility index (Phi) is 6.23. The summed E-state index contributed by atoms with van der Waals surface area (Å²) in [6.07, 6.45) is 2.87. The van der Waals surface area contributed by atoms with Gasteiger partial charge in [-0.05, 0) is 51.1 Å². The van der Waals surface area contributed by atoms with Gasteiger partial charge in [-0.15, -0.1) is 11.3 Å². The molecule has 2 aromatic heterocycles. The SMILES string of the molecule is CC(C)(C)OC(=O)Nc1cccc(C(=O)NCc2nc(-c3ccncc3)cs2)c1. The molecule has 7 nitrogen and oxygen atoms in total. The predicted molar refractivity (Wildman–Crippen MR) is 113 cm³/mol. The first kappa shape index (κ1) is 20.5. The molecule has 0 unspecified atom stereocenters. The standard InChI is InChI=1S/C21H22N4O3S/c1-21(2,3)28-20(27)24-16-6-4-5-15(11-16)19(26)23-12-18-25-17(13-29-18)14-7-9-22-10-8-14/h4-11,13H,12H2,1-3H3,(H,23,26)(H,24,27). The number of nitrogens with zero attached hydrogens (tertiary/aromatic N) is 2. The Morgan fingerprint density at radius 2 is 1.90 bits per heavy atom. The quantitative estimate of drug-likeness (QED) is 0.647. The average molecular weight is 410 g/mol. The summed E-state index contributed by atoms with van der Waals surface area (Å²) in [5.41, 5.74) is 2.16. The van der Waals surface area contributed by atoms with Gasteiger partial charge in [0.05, 0.1) is 12.2 Å². The highest BCUT2D eigenvalue weighted by Gasteiger charge is 2.16. The van der Waals surface area contributed by atoms with E-state index in [9.17, 15) is 9.59 Å². The molecule has 29 heavy (non-hydrogen) atoms. The number of benzene rings is 1. The minimum atomic E-state index is -0.595. The molecule has 0 radical (unpaired) electrons. The molecule has 0 bridgehead atoms. The Labute approximate surface area is 173 Å². The first-order valence-electron chi connectivity index (χ1n) is 9.03. The van der Waals surface area contributed by atoms with Gasteiger partial charge in [-0.25, -0.2) is 9.78 Å². The number of thiazole rings is 1. The van der Waals surface area contributed by atoms with Gasteiger partial charge in [0.1, 0.15) is 10.6 Å². The first-order valence-corrected chi connectivity index (χ1v) is 9.91. The molecule has 0 fully saturated rings. The van der Waals surface area contributed by atoms with Crippen LogP contribution in [0.1, 0.15) is 36.1 Å². The van der Waals surface area contributed by atoms with Crippen LogP contribution in [0.5, 0.6) is 0 Å². The number of carbonyl (C=O) groups excluding carboxylic acids is 2. The molecule has 0 aliphatic carbocycles. The highest BCUT2D eigenvalue weighted by Crippen LogP contribution is 2.21. The number of hydrogen-bond donors (Lipinski definition) is 2. The normalized spacial score (nSPS) is 11.0. The van der Waals surface area contributed by atoms with Crippen LogP contribution in [0.25, 0.3) is 11.3 Å². The van der Waals surface area contributed by atoms with Gasteiger partial charge < -0.3 is 10.1 Å². The number of carbonyl (C=O) groups is 2. The second-order valence-electron chi connectivity index (χ2n) is 7.25. The largest absolute Gasteiger partial charge is 0.444 e. The third kappa shape index (κ3) is 6.11. The third-order valence-electron chi connectivity index (χ3n) is 3.70. The average Bonchev–Trinajstić information content (AvgIpc) is 3.14. The monoisotopic (exact) mass is 410 g/mol. The van der Waals surface area contributed by atoms with Crippen molar-refractivity contribution in [2.75, 3.05) is 5.32 Å². The molecular weight excluding hydrogens is 388 g/mol. The number of pyridine rings is 1. The second-order valence-corrected chi connectivity index (χ2v) is 8.20. The number of anilines is 1. The highest BCUT2D eigenvalue weighted by molar-refractivity contribution is 7.09. The van der Waals surface area contributed by atoms with Crippen molar-refractivity contribution in [3.63, 3.8) is 0 Å². The Morgan fingerprint density at radius 1 is 1.14 bits per heavy atom. The Hall–Kier alpha value is -3.26. The Balaban J connectivity index is 1.59. The molecule has 1 aromatic carbocycles. The van der Waals surface area contributed by atoms with Gasteiger partial charge in [-0.1, -0.05) is 6.07 Å². The van der Waals surface area contributed by atoms with Crippen molar-refractivity contribution in [1.29, 1.82) is 0 Å². The third-order valence-corrected chi connectivity index (χ3v) is 4.55. The molecule has 8 heteroatoms. The van der Waals surface area contributed by atoms with E-state index in [1.54, 1.807) is 57.4 Å². The molecule has 0 atom stereocenters. The fourth-order valence-corrected chi connectivity index (χ4v) is 3.21. The van der Waals surface area contributed by atoms with Gasteiger partial charge in [0, 0.05) is 34.6 Å². The van der Waals surface area contributed by atoms with E-state index in [4.69, 9.17) is 4.74 Å². The summed E-state index contributed by atoms with van der Waals surface area (Å²) in [7, 11) is 0. The molecule has 0 aliphatic rings. The van der Waals surface area contributed by atoms with Crippen molar-refractivity contribution in [3.8, 4) is 11.3 Å². The topological polar surface area (TPSA) is 93.2 Å². The molecule has 3 rings (SSSR count). The zero-order valence-corrected chi connectivity index (χ0v) is 17.2. The van der Waals surface area contributed by atoms with Crippen molar-refractivity contribution in [2.24, 2.45) is 0 Å². The maximum absolute atomic E-state index is 12.5. The van der Waals surface area contributed by atoms with Crippen LogP contribution in [0.15, 0.2) is 54.2 Å². The number of aromatic nitrogens is 2. The highest BCUT2D eigenvalue weighted by atomic mass is 32.1. The molecule has 0 saturated heterocycles. The van der Waals surface area contributed by atoms with Crippen molar-refractivity contribution in [3.05, 3.63) is 64.7 Å². The summed E-state index contributed by atoms with van der Waals surface area (Å²) in [5.74, 6) is -0.251. The molecule has 0 saturated carbocycles. The van der Waals surface area contributed by atoms with Gasteiger partial charge in [-0.3, -0.25) is 15.1 Å². The van der Waals surface area contributed by atoms with Crippen molar-refractivity contribution >= 4 is 29.0 Å². The van der Waals surface area contributed by atoms with Crippen LogP contribution in [-0.2, 0) is 11.3 Å². The van der Waals surface area contributed by atoms with Gasteiger partial charge in [0.15, 0.2) is 0 Å². The molecule has 2 heterocycles. The molecule has 0 spiro atoms. The first-order chi connectivity index (χ1) is 13.8. The Morgan fingerprint density at radius 3 is 2.62 bits per heavy atom. The second kappa shape index (κ2) is 8.83. The van der Waals surface area contributed by atoms with E-state index < -0.39 is 11.7 Å². The number of rotatable bonds is 5.